The van der Waals surface area contributed by atoms with Gasteiger partial charge in [0.25, 0.3) is 11.4 Å². The summed E-state index contributed by atoms with van der Waals surface area (Å²) in [6.45, 7) is 0. The van der Waals surface area contributed by atoms with Crippen molar-refractivity contribution in [2.75, 3.05) is 0 Å². The topological polar surface area (TPSA) is 139 Å². The summed E-state index contributed by atoms with van der Waals surface area (Å²) in [6.07, 6.45) is 7.06. The minimum atomic E-state index is -1.11. The van der Waals surface area contributed by atoms with Crippen LogP contribution in [0.15, 0.2) is 48.5 Å². The van der Waals surface area contributed by atoms with E-state index in [1.165, 1.54) is 48.5 Å². The van der Waals surface area contributed by atoms with Gasteiger partial charge in [0.2, 0.25) is 0 Å². The zero-order valence-corrected chi connectivity index (χ0v) is 20.9. The largest absolute Gasteiger partial charge is 0.442 e. The van der Waals surface area contributed by atoms with E-state index < -0.39 is 33.0 Å². The van der Waals surface area contributed by atoms with Gasteiger partial charge in [0.05, 0.1) is 21.0 Å². The number of nitrogens with zero attached hydrogens (tertiary/aromatic N) is 2. The molecule has 0 aromatic heterocycles. The number of carbonyl (C=O) groups is 2. The van der Waals surface area contributed by atoms with Crippen molar-refractivity contribution in [3.05, 3.63) is 79.9 Å². The molecule has 4 rings (SSSR count). The number of carbonyl (C=O) groups excluding carboxylic acids is 2. The average Bonchev–Trinajstić information content (AvgIpc) is 2.93. The van der Waals surface area contributed by atoms with E-state index in [1.807, 2.05) is 0 Å². The molecule has 38 heavy (non-hydrogen) atoms. The van der Waals surface area contributed by atoms with Crippen LogP contribution in [-0.2, 0) is 9.47 Å². The zero-order chi connectivity index (χ0) is 27.2. The average molecular weight is 521 g/mol. The fraction of sp³-hybridized carbons (Fsp3) is 0.429. The molecule has 0 unspecified atom stereocenters. The van der Waals surface area contributed by atoms with Crippen molar-refractivity contribution in [2.24, 2.45) is 0 Å². The molecule has 198 valence electrons. The van der Waals surface area contributed by atoms with E-state index in [4.69, 9.17) is 9.47 Å². The number of rotatable bonds is 6. The van der Waals surface area contributed by atoms with Gasteiger partial charge in [-0.3, -0.25) is 20.2 Å². The number of nitro benzene ring substituents is 2. The first-order chi connectivity index (χ1) is 18.2. The van der Waals surface area contributed by atoms with Gasteiger partial charge < -0.3 is 9.47 Å². The first kappa shape index (κ1) is 26.8. The number of non-ortho nitro benzene ring substituents is 2. The maximum atomic E-state index is 13.0. The molecule has 2 saturated carbocycles. The Bertz CT molecular complexity index is 1200. The van der Waals surface area contributed by atoms with Crippen LogP contribution in [-0.4, -0.2) is 33.0 Å². The first-order valence-corrected chi connectivity index (χ1v) is 12.7. The number of hydrogen-bond acceptors (Lipinski definition) is 8. The SMILES string of the molecule is O=C(OC1(C#CC2(OC(=O)c3cccc([N+](=O)[O-])c3)CCCCC2)CCCCC1)c1cccc([N+](=O)[O-])c1. The predicted molar refractivity (Wildman–Crippen MR) is 136 cm³/mol. The lowest BCUT2D eigenvalue weighted by molar-refractivity contribution is -0.385. The Balaban J connectivity index is 1.61. The van der Waals surface area contributed by atoms with Gasteiger partial charge in [0.1, 0.15) is 0 Å². The Kier molecular flexibility index (Phi) is 8.05. The Morgan fingerprint density at radius 3 is 1.37 bits per heavy atom. The molecule has 0 amide bonds. The van der Waals surface area contributed by atoms with E-state index >= 15 is 0 Å². The number of esters is 2. The lowest BCUT2D eigenvalue weighted by Crippen LogP contribution is -2.39. The van der Waals surface area contributed by atoms with Gasteiger partial charge in [-0.2, -0.15) is 0 Å². The molecule has 2 aromatic carbocycles. The van der Waals surface area contributed by atoms with Crippen LogP contribution in [0, 0.1) is 32.1 Å². The second kappa shape index (κ2) is 11.4. The van der Waals surface area contributed by atoms with E-state index in [1.54, 1.807) is 0 Å². The highest BCUT2D eigenvalue weighted by atomic mass is 16.6. The molecule has 0 saturated heterocycles. The van der Waals surface area contributed by atoms with Crippen molar-refractivity contribution in [1.29, 1.82) is 0 Å². The zero-order valence-electron chi connectivity index (χ0n) is 20.9. The molecule has 0 radical (unpaired) electrons. The monoisotopic (exact) mass is 520 g/mol. The Morgan fingerprint density at radius 1 is 0.658 bits per heavy atom. The van der Waals surface area contributed by atoms with Gasteiger partial charge in [-0.05, 0) is 63.5 Å². The summed E-state index contributed by atoms with van der Waals surface area (Å²) < 4.78 is 11.8. The van der Waals surface area contributed by atoms with Crippen LogP contribution >= 0.6 is 0 Å². The summed E-state index contributed by atoms with van der Waals surface area (Å²) in [5, 5.41) is 22.3. The third-order valence-corrected chi connectivity index (χ3v) is 7.00. The first-order valence-electron chi connectivity index (χ1n) is 12.7. The van der Waals surface area contributed by atoms with Gasteiger partial charge in [-0.1, -0.05) is 36.8 Å². The van der Waals surface area contributed by atoms with Gasteiger partial charge in [0.15, 0.2) is 11.2 Å². The van der Waals surface area contributed by atoms with Crippen LogP contribution in [0.4, 0.5) is 11.4 Å². The third kappa shape index (κ3) is 6.35. The third-order valence-electron chi connectivity index (χ3n) is 7.00. The summed E-state index contributed by atoms with van der Waals surface area (Å²) in [7, 11) is 0. The Labute approximate surface area is 219 Å². The normalized spacial score (nSPS) is 17.8. The molecule has 2 aliphatic rings. The van der Waals surface area contributed by atoms with Crippen molar-refractivity contribution in [2.45, 2.75) is 75.4 Å². The highest BCUT2D eigenvalue weighted by molar-refractivity contribution is 5.91. The summed E-state index contributed by atoms with van der Waals surface area (Å²) in [6, 6.07) is 10.7. The molecule has 2 aliphatic carbocycles. The smallest absolute Gasteiger partial charge is 0.339 e. The molecule has 0 N–H and O–H groups in total. The summed E-state index contributed by atoms with van der Waals surface area (Å²) in [4.78, 5) is 47.2. The van der Waals surface area contributed by atoms with Gasteiger partial charge in [-0.15, -0.1) is 0 Å². The second-order valence-corrected chi connectivity index (χ2v) is 9.75. The fourth-order valence-corrected chi connectivity index (χ4v) is 4.94. The molecule has 2 aromatic rings. The number of ether oxygens (including phenoxy) is 2. The van der Waals surface area contributed by atoms with Crippen molar-refractivity contribution in [1.82, 2.24) is 0 Å². The second-order valence-electron chi connectivity index (χ2n) is 9.75. The van der Waals surface area contributed by atoms with E-state index in [0.29, 0.717) is 25.7 Å². The fourth-order valence-electron chi connectivity index (χ4n) is 4.94. The predicted octanol–water partition coefficient (Wildman–Crippen LogP) is 5.93. The molecule has 0 aliphatic heterocycles. The standard InChI is InChI=1S/C28H28N2O8/c31-25(21-9-7-11-23(19-21)29(33)34)37-27(13-3-1-4-14-27)17-18-28(15-5-2-6-16-28)38-26(32)22-10-8-12-24(20-22)30(35)36/h7-12,19-20H,1-6,13-16H2. The highest BCUT2D eigenvalue weighted by Crippen LogP contribution is 2.36. The van der Waals surface area contributed by atoms with Crippen LogP contribution in [0.5, 0.6) is 0 Å². The van der Waals surface area contributed by atoms with Crippen molar-refractivity contribution >= 4 is 23.3 Å². The van der Waals surface area contributed by atoms with E-state index in [2.05, 4.69) is 11.8 Å². The van der Waals surface area contributed by atoms with E-state index in [0.717, 1.165) is 38.5 Å². The van der Waals surface area contributed by atoms with Crippen LogP contribution in [0.2, 0.25) is 0 Å². The van der Waals surface area contributed by atoms with E-state index in [-0.39, 0.29) is 22.5 Å². The molecule has 0 bridgehead atoms. The lowest BCUT2D eigenvalue weighted by Gasteiger charge is -2.35. The molecule has 10 nitrogen and oxygen atoms in total. The number of nitro groups is 2. The molecule has 10 heteroatoms. The van der Waals surface area contributed by atoms with Crippen LogP contribution < -0.4 is 0 Å². The number of hydrogen-bond donors (Lipinski definition) is 0. The minimum absolute atomic E-state index is 0.0652. The minimum Gasteiger partial charge on any atom is -0.442 e. The molecule has 0 spiro atoms. The van der Waals surface area contributed by atoms with Gasteiger partial charge >= 0.3 is 11.9 Å². The maximum absolute atomic E-state index is 13.0. The van der Waals surface area contributed by atoms with E-state index in [9.17, 15) is 29.8 Å². The quantitative estimate of drug-likeness (QED) is 0.198. The number of benzene rings is 2. The maximum Gasteiger partial charge on any atom is 0.339 e. The lowest BCUT2D eigenvalue weighted by atomic mass is 9.81. The van der Waals surface area contributed by atoms with Crippen LogP contribution in [0.3, 0.4) is 0 Å². The van der Waals surface area contributed by atoms with Crippen molar-refractivity contribution in [3.8, 4) is 11.8 Å². The Hall–Kier alpha value is -4.26. The summed E-state index contributed by atoms with van der Waals surface area (Å²) in [5.74, 6) is 4.92. The summed E-state index contributed by atoms with van der Waals surface area (Å²) >= 11 is 0. The van der Waals surface area contributed by atoms with Gasteiger partial charge in [0, 0.05) is 24.3 Å². The van der Waals surface area contributed by atoms with Crippen molar-refractivity contribution < 1.29 is 28.9 Å². The van der Waals surface area contributed by atoms with Crippen molar-refractivity contribution in [3.63, 3.8) is 0 Å². The molecule has 0 heterocycles. The Morgan fingerprint density at radius 2 is 1.03 bits per heavy atom. The van der Waals surface area contributed by atoms with Crippen LogP contribution in [0.1, 0.15) is 84.9 Å². The molecular weight excluding hydrogens is 492 g/mol. The highest BCUT2D eigenvalue weighted by Gasteiger charge is 2.39. The summed E-state index contributed by atoms with van der Waals surface area (Å²) in [5.41, 5.74) is -2.51. The van der Waals surface area contributed by atoms with Gasteiger partial charge in [-0.25, -0.2) is 9.59 Å². The molecule has 0 atom stereocenters. The molecule has 2 fully saturated rings. The molecular formula is C28H28N2O8. The van der Waals surface area contributed by atoms with Crippen LogP contribution in [0.25, 0.3) is 0 Å².